The van der Waals surface area contributed by atoms with Crippen LogP contribution in [0.2, 0.25) is 5.28 Å². The van der Waals surface area contributed by atoms with Gasteiger partial charge in [-0.1, -0.05) is 0 Å². The highest BCUT2D eigenvalue weighted by Crippen LogP contribution is 2.10. The summed E-state index contributed by atoms with van der Waals surface area (Å²) in [4.78, 5) is 12.2. The number of hydrogen-bond acceptors (Lipinski definition) is 6. The summed E-state index contributed by atoms with van der Waals surface area (Å²) in [6.07, 6.45) is 3.70. The van der Waals surface area contributed by atoms with Gasteiger partial charge < -0.3 is 10.6 Å². The summed E-state index contributed by atoms with van der Waals surface area (Å²) >= 11 is 5.81. The van der Waals surface area contributed by atoms with E-state index < -0.39 is 0 Å². The molecule has 0 aromatic carbocycles. The first-order valence-corrected chi connectivity index (χ1v) is 5.92. The van der Waals surface area contributed by atoms with Crippen molar-refractivity contribution in [2.75, 3.05) is 17.2 Å². The van der Waals surface area contributed by atoms with E-state index >= 15 is 0 Å². The van der Waals surface area contributed by atoms with Gasteiger partial charge in [0.2, 0.25) is 17.2 Å². The predicted molar refractivity (Wildman–Crippen MR) is 69.5 cm³/mol. The van der Waals surface area contributed by atoms with Crippen LogP contribution in [-0.2, 0) is 13.6 Å². The van der Waals surface area contributed by atoms with E-state index in [1.54, 1.807) is 10.9 Å². The lowest BCUT2D eigenvalue weighted by molar-refractivity contribution is 0.767. The van der Waals surface area contributed by atoms with Crippen LogP contribution in [0, 0.1) is 0 Å². The van der Waals surface area contributed by atoms with Crippen LogP contribution in [0.25, 0.3) is 0 Å². The van der Waals surface area contributed by atoms with Crippen LogP contribution in [0.1, 0.15) is 12.5 Å². The fraction of sp³-hybridized carbons (Fsp3) is 0.400. The zero-order valence-electron chi connectivity index (χ0n) is 10.2. The van der Waals surface area contributed by atoms with Gasteiger partial charge in [0, 0.05) is 31.9 Å². The number of nitrogens with one attached hydrogen (secondary N) is 2. The van der Waals surface area contributed by atoms with Crippen molar-refractivity contribution < 1.29 is 0 Å². The summed E-state index contributed by atoms with van der Waals surface area (Å²) in [6.45, 7) is 3.27. The highest BCUT2D eigenvalue weighted by atomic mass is 35.5. The van der Waals surface area contributed by atoms with Gasteiger partial charge in [-0.2, -0.15) is 20.1 Å². The van der Waals surface area contributed by atoms with Gasteiger partial charge >= 0.3 is 0 Å². The minimum Gasteiger partial charge on any atom is -0.354 e. The van der Waals surface area contributed by atoms with Crippen molar-refractivity contribution in [2.45, 2.75) is 13.5 Å². The molecular weight excluding hydrogens is 254 g/mol. The van der Waals surface area contributed by atoms with Crippen LogP contribution < -0.4 is 10.6 Å². The minimum atomic E-state index is 0.162. The minimum absolute atomic E-state index is 0.162. The lowest BCUT2D eigenvalue weighted by atomic mass is 10.4. The Kier molecular flexibility index (Phi) is 3.93. The average molecular weight is 268 g/mol. The third kappa shape index (κ3) is 3.30. The molecule has 0 atom stereocenters. The zero-order valence-corrected chi connectivity index (χ0v) is 10.9. The molecule has 0 radical (unpaired) electrons. The van der Waals surface area contributed by atoms with Crippen LogP contribution in [0.15, 0.2) is 12.4 Å². The molecule has 0 aliphatic carbocycles. The number of aryl methyl sites for hydroxylation is 1. The second-order valence-electron chi connectivity index (χ2n) is 3.66. The van der Waals surface area contributed by atoms with Gasteiger partial charge in [-0.05, 0) is 18.5 Å². The van der Waals surface area contributed by atoms with Crippen molar-refractivity contribution in [2.24, 2.45) is 7.05 Å². The van der Waals surface area contributed by atoms with Crippen LogP contribution in [0.5, 0.6) is 0 Å². The maximum absolute atomic E-state index is 5.81. The first kappa shape index (κ1) is 12.6. The topological polar surface area (TPSA) is 80.5 Å². The zero-order chi connectivity index (χ0) is 13.0. The second-order valence-corrected chi connectivity index (χ2v) is 4.00. The van der Waals surface area contributed by atoms with Crippen molar-refractivity contribution in [3.63, 3.8) is 0 Å². The lowest BCUT2D eigenvalue weighted by Gasteiger charge is -2.06. The Balaban J connectivity index is 2.04. The van der Waals surface area contributed by atoms with Gasteiger partial charge in [0.15, 0.2) is 0 Å². The van der Waals surface area contributed by atoms with E-state index in [4.69, 9.17) is 11.6 Å². The van der Waals surface area contributed by atoms with Crippen LogP contribution in [0.3, 0.4) is 0 Å². The molecule has 0 aliphatic rings. The summed E-state index contributed by atoms with van der Waals surface area (Å²) in [7, 11) is 1.87. The summed E-state index contributed by atoms with van der Waals surface area (Å²) in [5, 5.41) is 10.3. The fourth-order valence-electron chi connectivity index (χ4n) is 1.41. The molecule has 2 rings (SSSR count). The molecule has 2 aromatic rings. The molecule has 2 N–H and O–H groups in total. The molecular formula is C10H14ClN7. The summed E-state index contributed by atoms with van der Waals surface area (Å²) in [6, 6.07) is 0. The average Bonchev–Trinajstić information content (AvgIpc) is 2.72. The second kappa shape index (κ2) is 5.63. The summed E-state index contributed by atoms with van der Waals surface area (Å²) < 4.78 is 1.74. The molecule has 0 amide bonds. The van der Waals surface area contributed by atoms with Gasteiger partial charge in [0.25, 0.3) is 0 Å². The molecule has 0 bridgehead atoms. The number of rotatable bonds is 5. The van der Waals surface area contributed by atoms with Crippen LogP contribution in [-0.4, -0.2) is 31.3 Å². The molecule has 0 spiro atoms. The number of aromatic nitrogens is 5. The molecule has 2 aromatic heterocycles. The summed E-state index contributed by atoms with van der Waals surface area (Å²) in [5.41, 5.74) is 1.04. The lowest BCUT2D eigenvalue weighted by Crippen LogP contribution is -2.08. The molecule has 7 nitrogen and oxygen atoms in total. The predicted octanol–water partition coefficient (Wildman–Crippen LogP) is 1.30. The van der Waals surface area contributed by atoms with E-state index in [-0.39, 0.29) is 5.28 Å². The molecule has 2 heterocycles. The standard InChI is InChI=1S/C10H14ClN7/c1-3-12-9-15-8(11)16-10(17-9)13-4-7-5-14-18(2)6-7/h5-6H,3-4H2,1-2H3,(H2,12,13,15,16,17). The van der Waals surface area contributed by atoms with Gasteiger partial charge in [0.1, 0.15) is 0 Å². The number of hydrogen-bond donors (Lipinski definition) is 2. The van der Waals surface area contributed by atoms with Crippen molar-refractivity contribution in [1.29, 1.82) is 0 Å². The Labute approximate surface area is 110 Å². The Bertz CT molecular complexity index is 525. The Morgan fingerprint density at radius 3 is 2.56 bits per heavy atom. The smallest absolute Gasteiger partial charge is 0.229 e. The maximum atomic E-state index is 5.81. The maximum Gasteiger partial charge on any atom is 0.229 e. The van der Waals surface area contributed by atoms with E-state index in [9.17, 15) is 0 Å². The number of halogens is 1. The third-order valence-corrected chi connectivity index (χ3v) is 2.32. The Morgan fingerprint density at radius 1 is 1.22 bits per heavy atom. The normalized spacial score (nSPS) is 10.4. The summed E-state index contributed by atoms with van der Waals surface area (Å²) in [5.74, 6) is 0.904. The van der Waals surface area contributed by atoms with Crippen LogP contribution >= 0.6 is 11.6 Å². The molecule has 0 aliphatic heterocycles. The molecule has 0 saturated carbocycles. The van der Waals surface area contributed by atoms with Crippen molar-refractivity contribution in [3.05, 3.63) is 23.2 Å². The quantitative estimate of drug-likeness (QED) is 0.850. The van der Waals surface area contributed by atoms with E-state index in [2.05, 4.69) is 30.7 Å². The molecule has 18 heavy (non-hydrogen) atoms. The van der Waals surface area contributed by atoms with Crippen molar-refractivity contribution in [1.82, 2.24) is 24.7 Å². The van der Waals surface area contributed by atoms with E-state index in [1.165, 1.54) is 0 Å². The van der Waals surface area contributed by atoms with Gasteiger partial charge in [-0.15, -0.1) is 0 Å². The fourth-order valence-corrected chi connectivity index (χ4v) is 1.57. The Morgan fingerprint density at radius 2 is 1.94 bits per heavy atom. The van der Waals surface area contributed by atoms with Gasteiger partial charge in [0.05, 0.1) is 6.20 Å². The Hall–Kier alpha value is -1.89. The van der Waals surface area contributed by atoms with Gasteiger partial charge in [-0.25, -0.2) is 0 Å². The molecule has 96 valence electrons. The van der Waals surface area contributed by atoms with E-state index in [0.29, 0.717) is 18.4 Å². The van der Waals surface area contributed by atoms with E-state index in [0.717, 1.165) is 12.1 Å². The number of nitrogens with zero attached hydrogens (tertiary/aromatic N) is 5. The molecule has 0 unspecified atom stereocenters. The monoisotopic (exact) mass is 267 g/mol. The van der Waals surface area contributed by atoms with E-state index in [1.807, 2.05) is 20.2 Å². The highest BCUT2D eigenvalue weighted by Gasteiger charge is 2.04. The largest absolute Gasteiger partial charge is 0.354 e. The molecule has 0 saturated heterocycles. The third-order valence-electron chi connectivity index (χ3n) is 2.15. The van der Waals surface area contributed by atoms with Gasteiger partial charge in [-0.3, -0.25) is 4.68 Å². The van der Waals surface area contributed by atoms with Crippen LogP contribution in [0.4, 0.5) is 11.9 Å². The molecule has 0 fully saturated rings. The first-order chi connectivity index (χ1) is 8.67. The first-order valence-electron chi connectivity index (χ1n) is 5.54. The number of anilines is 2. The van der Waals surface area contributed by atoms with Crippen molar-refractivity contribution >= 4 is 23.5 Å². The SMILES string of the molecule is CCNc1nc(Cl)nc(NCc2cnn(C)c2)n1. The highest BCUT2D eigenvalue weighted by molar-refractivity contribution is 6.28. The van der Waals surface area contributed by atoms with Crippen molar-refractivity contribution in [3.8, 4) is 0 Å². The molecule has 8 heteroatoms.